The van der Waals surface area contributed by atoms with Crippen LogP contribution in [0.4, 0.5) is 0 Å². The van der Waals surface area contributed by atoms with Crippen molar-refractivity contribution in [1.29, 1.82) is 0 Å². The van der Waals surface area contributed by atoms with Crippen LogP contribution in [0.15, 0.2) is 35.2 Å². The lowest BCUT2D eigenvalue weighted by Gasteiger charge is -2.24. The fourth-order valence-corrected chi connectivity index (χ4v) is 3.50. The summed E-state index contributed by atoms with van der Waals surface area (Å²) in [5.41, 5.74) is 0. The predicted octanol–water partition coefficient (Wildman–Crippen LogP) is 1.67. The van der Waals surface area contributed by atoms with Crippen LogP contribution in [0.1, 0.15) is 6.92 Å². The Hall–Kier alpha value is -1.01. The first-order valence-electron chi connectivity index (χ1n) is 5.91. The molecule has 1 rings (SSSR count). The third-order valence-electron chi connectivity index (χ3n) is 2.70. The number of benzene rings is 1. The molecule has 0 heterocycles. The van der Waals surface area contributed by atoms with Crippen molar-refractivity contribution in [2.24, 2.45) is 0 Å². The average molecular weight is 301 g/mol. The minimum absolute atomic E-state index is 0.00869. The first-order chi connectivity index (χ1) is 8.79. The number of hydrogen-bond acceptors (Lipinski definition) is 4. The van der Waals surface area contributed by atoms with Gasteiger partial charge in [0, 0.05) is 24.2 Å². The Labute approximate surface area is 119 Å². The van der Waals surface area contributed by atoms with Crippen LogP contribution in [0.5, 0.6) is 0 Å². The van der Waals surface area contributed by atoms with E-state index >= 15 is 0 Å². The van der Waals surface area contributed by atoms with Gasteiger partial charge in [-0.1, -0.05) is 18.2 Å². The fourth-order valence-electron chi connectivity index (χ4n) is 1.56. The second-order valence-corrected chi connectivity index (χ2v) is 7.78. The maximum Gasteiger partial charge on any atom is 0.232 e. The molecule has 0 radical (unpaired) electrons. The summed E-state index contributed by atoms with van der Waals surface area (Å²) in [6.45, 7) is 1.74. The van der Waals surface area contributed by atoms with Crippen LogP contribution < -0.4 is 0 Å². The van der Waals surface area contributed by atoms with E-state index in [0.717, 1.165) is 4.90 Å². The van der Waals surface area contributed by atoms with Crippen molar-refractivity contribution in [2.45, 2.75) is 17.9 Å². The number of nitrogens with zero attached hydrogens (tertiary/aromatic N) is 1. The van der Waals surface area contributed by atoms with Crippen molar-refractivity contribution in [3.8, 4) is 0 Å². The lowest BCUT2D eigenvalue weighted by molar-refractivity contribution is -0.128. The number of amides is 1. The van der Waals surface area contributed by atoms with Crippen molar-refractivity contribution in [3.05, 3.63) is 30.3 Å². The van der Waals surface area contributed by atoms with Crippen LogP contribution in [0, 0.1) is 0 Å². The molecular weight excluding hydrogens is 282 g/mol. The highest BCUT2D eigenvalue weighted by Gasteiger charge is 2.19. The van der Waals surface area contributed by atoms with E-state index in [0.29, 0.717) is 5.75 Å². The van der Waals surface area contributed by atoms with Gasteiger partial charge in [-0.25, -0.2) is 8.42 Å². The number of rotatable bonds is 6. The largest absolute Gasteiger partial charge is 0.341 e. The first kappa shape index (κ1) is 16.0. The summed E-state index contributed by atoms with van der Waals surface area (Å²) in [4.78, 5) is 14.5. The molecule has 0 bridgehead atoms. The molecule has 106 valence electrons. The monoisotopic (exact) mass is 301 g/mol. The Morgan fingerprint density at radius 1 is 1.32 bits per heavy atom. The molecule has 0 saturated carbocycles. The number of hydrogen-bond donors (Lipinski definition) is 0. The molecule has 0 unspecified atom stereocenters. The zero-order valence-electron chi connectivity index (χ0n) is 11.4. The molecule has 1 amide bonds. The molecule has 1 atom stereocenters. The van der Waals surface area contributed by atoms with Crippen molar-refractivity contribution in [1.82, 2.24) is 4.90 Å². The van der Waals surface area contributed by atoms with Crippen LogP contribution in [0.25, 0.3) is 0 Å². The Morgan fingerprint density at radius 3 is 2.42 bits per heavy atom. The standard InChI is InChI=1S/C13H19NO3S2/c1-11(10-19(3,16)17)14(2)13(15)9-18-12-7-5-4-6-8-12/h4-8,11H,9-10H2,1-3H3/t11-/m0/s1. The molecule has 0 fully saturated rings. The van der Waals surface area contributed by atoms with Crippen LogP contribution in [0.2, 0.25) is 0 Å². The second-order valence-electron chi connectivity index (χ2n) is 4.55. The van der Waals surface area contributed by atoms with Gasteiger partial charge in [0.25, 0.3) is 0 Å². The summed E-state index contributed by atoms with van der Waals surface area (Å²) in [5, 5.41) is 0. The van der Waals surface area contributed by atoms with E-state index in [1.54, 1.807) is 14.0 Å². The first-order valence-corrected chi connectivity index (χ1v) is 8.95. The van der Waals surface area contributed by atoms with Gasteiger partial charge >= 0.3 is 0 Å². The molecule has 0 spiro atoms. The fraction of sp³-hybridized carbons (Fsp3) is 0.462. The lowest BCUT2D eigenvalue weighted by atomic mass is 10.3. The van der Waals surface area contributed by atoms with Crippen molar-refractivity contribution in [3.63, 3.8) is 0 Å². The summed E-state index contributed by atoms with van der Waals surface area (Å²) < 4.78 is 22.4. The number of carbonyl (C=O) groups is 1. The van der Waals surface area contributed by atoms with Crippen molar-refractivity contribution >= 4 is 27.5 Å². The zero-order valence-corrected chi connectivity index (χ0v) is 13.0. The van der Waals surface area contributed by atoms with Gasteiger partial charge in [-0.05, 0) is 19.1 Å². The topological polar surface area (TPSA) is 54.5 Å². The molecule has 19 heavy (non-hydrogen) atoms. The van der Waals surface area contributed by atoms with E-state index in [2.05, 4.69) is 0 Å². The van der Waals surface area contributed by atoms with E-state index in [1.165, 1.54) is 22.9 Å². The van der Waals surface area contributed by atoms with Crippen LogP contribution >= 0.6 is 11.8 Å². The molecule has 0 N–H and O–H groups in total. The highest BCUT2D eigenvalue weighted by Crippen LogP contribution is 2.17. The summed E-state index contributed by atoms with van der Waals surface area (Å²) in [6, 6.07) is 9.34. The number of sulfone groups is 1. The lowest BCUT2D eigenvalue weighted by Crippen LogP contribution is -2.40. The Balaban J connectivity index is 2.49. The molecule has 0 aliphatic heterocycles. The molecule has 0 aliphatic carbocycles. The van der Waals surface area contributed by atoms with E-state index in [1.807, 2.05) is 30.3 Å². The molecule has 1 aromatic carbocycles. The van der Waals surface area contributed by atoms with Crippen molar-refractivity contribution in [2.75, 3.05) is 24.8 Å². The Bertz CT molecular complexity index is 514. The quantitative estimate of drug-likeness (QED) is 0.750. The van der Waals surface area contributed by atoms with E-state index in [4.69, 9.17) is 0 Å². The molecule has 0 aliphatic rings. The smallest absolute Gasteiger partial charge is 0.232 e. The molecule has 0 saturated heterocycles. The predicted molar refractivity (Wildman–Crippen MR) is 79.1 cm³/mol. The maximum absolute atomic E-state index is 12.0. The average Bonchev–Trinajstić information content (AvgIpc) is 2.34. The summed E-state index contributed by atoms with van der Waals surface area (Å²) in [5.74, 6) is 0.241. The zero-order chi connectivity index (χ0) is 14.5. The normalized spacial score (nSPS) is 13.0. The van der Waals surface area contributed by atoms with Gasteiger partial charge in [0.05, 0.1) is 11.5 Å². The molecular formula is C13H19NO3S2. The van der Waals surface area contributed by atoms with Gasteiger partial charge in [0.15, 0.2) is 0 Å². The third kappa shape index (κ3) is 6.11. The Morgan fingerprint density at radius 2 is 1.89 bits per heavy atom. The SMILES string of the molecule is C[C@@H](CS(C)(=O)=O)N(C)C(=O)CSc1ccccc1. The van der Waals surface area contributed by atoms with E-state index in [-0.39, 0.29) is 17.7 Å². The van der Waals surface area contributed by atoms with Crippen molar-refractivity contribution < 1.29 is 13.2 Å². The Kier molecular flexibility index (Phi) is 5.87. The summed E-state index contributed by atoms with van der Waals surface area (Å²) in [7, 11) is -1.43. The van der Waals surface area contributed by atoms with E-state index in [9.17, 15) is 13.2 Å². The summed E-state index contributed by atoms with van der Waals surface area (Å²) in [6.07, 6.45) is 1.18. The number of carbonyl (C=O) groups excluding carboxylic acids is 1. The van der Waals surface area contributed by atoms with Gasteiger partial charge in [-0.2, -0.15) is 0 Å². The molecule has 1 aromatic rings. The minimum atomic E-state index is -3.07. The second kappa shape index (κ2) is 6.96. The maximum atomic E-state index is 12.0. The summed E-state index contributed by atoms with van der Waals surface area (Å²) >= 11 is 1.45. The van der Waals surface area contributed by atoms with Gasteiger partial charge < -0.3 is 4.90 Å². The van der Waals surface area contributed by atoms with Gasteiger partial charge in [0.1, 0.15) is 9.84 Å². The van der Waals surface area contributed by atoms with Crippen LogP contribution in [-0.2, 0) is 14.6 Å². The minimum Gasteiger partial charge on any atom is -0.341 e. The van der Waals surface area contributed by atoms with Gasteiger partial charge in [-0.3, -0.25) is 4.79 Å². The number of thioether (sulfide) groups is 1. The molecule has 4 nitrogen and oxygen atoms in total. The molecule has 0 aromatic heterocycles. The third-order valence-corrected chi connectivity index (χ3v) is 4.79. The van der Waals surface area contributed by atoms with E-state index < -0.39 is 9.84 Å². The molecule has 6 heteroatoms. The van der Waals surface area contributed by atoms with Crippen LogP contribution in [0.3, 0.4) is 0 Å². The highest BCUT2D eigenvalue weighted by atomic mass is 32.2. The highest BCUT2D eigenvalue weighted by molar-refractivity contribution is 8.00. The van der Waals surface area contributed by atoms with Gasteiger partial charge in [0.2, 0.25) is 5.91 Å². The van der Waals surface area contributed by atoms with Crippen LogP contribution in [-0.4, -0.2) is 50.1 Å². The van der Waals surface area contributed by atoms with Gasteiger partial charge in [-0.15, -0.1) is 11.8 Å².